The fourth-order valence-electron chi connectivity index (χ4n) is 2.51. The molecule has 8 heteroatoms. The molecule has 1 unspecified atom stereocenters. The summed E-state index contributed by atoms with van der Waals surface area (Å²) in [4.78, 5) is -0.949. The minimum absolute atomic E-state index is 0.0109. The van der Waals surface area contributed by atoms with Crippen molar-refractivity contribution < 1.29 is 21.9 Å². The smallest absolute Gasteiger partial charge is 0.246 e. The van der Waals surface area contributed by atoms with Crippen LogP contribution in [0.15, 0.2) is 23.1 Å². The van der Waals surface area contributed by atoms with Gasteiger partial charge >= 0.3 is 0 Å². The van der Waals surface area contributed by atoms with Crippen LogP contribution in [0.25, 0.3) is 0 Å². The second kappa shape index (κ2) is 6.35. The minimum atomic E-state index is -4.26. The van der Waals surface area contributed by atoms with E-state index in [1.54, 1.807) is 0 Å². The summed E-state index contributed by atoms with van der Waals surface area (Å²) in [6, 6.07) is 2.95. The zero-order chi connectivity index (χ0) is 15.5. The molecule has 118 valence electrons. The third-order valence-corrected chi connectivity index (χ3v) is 4.99. The summed E-state index contributed by atoms with van der Waals surface area (Å²) >= 11 is 0. The summed E-state index contributed by atoms with van der Waals surface area (Å²) in [5.74, 6) is -2.22. The molecule has 1 aromatic carbocycles. The minimum Gasteiger partial charge on any atom is -0.383 e. The molecule has 1 atom stereocenters. The predicted octanol–water partition coefficient (Wildman–Crippen LogP) is 1.01. The normalized spacial score (nSPS) is 22.6. The average Bonchev–Trinajstić information content (AvgIpc) is 2.86. The van der Waals surface area contributed by atoms with E-state index in [1.807, 2.05) is 0 Å². The molecule has 1 aromatic rings. The Morgan fingerprint density at radius 1 is 1.38 bits per heavy atom. The molecular weight excluding hydrogens is 302 g/mol. The number of halogens is 2. The first-order valence-corrected chi connectivity index (χ1v) is 8.06. The molecule has 0 bridgehead atoms. The van der Waals surface area contributed by atoms with Gasteiger partial charge in [0.25, 0.3) is 0 Å². The van der Waals surface area contributed by atoms with Crippen molar-refractivity contribution in [2.24, 2.45) is 0 Å². The maximum atomic E-state index is 13.6. The van der Waals surface area contributed by atoms with Crippen LogP contribution >= 0.6 is 0 Å². The number of benzene rings is 1. The Bertz CT molecular complexity index is 581. The van der Waals surface area contributed by atoms with Gasteiger partial charge in [0.15, 0.2) is 4.90 Å². The van der Waals surface area contributed by atoms with Crippen LogP contribution in [0.4, 0.5) is 8.78 Å². The third-order valence-electron chi connectivity index (χ3n) is 3.54. The van der Waals surface area contributed by atoms with Crippen molar-refractivity contribution in [2.45, 2.75) is 23.3 Å². The summed E-state index contributed by atoms with van der Waals surface area (Å²) in [5, 5.41) is 3.18. The molecule has 5 nitrogen and oxygen atoms in total. The van der Waals surface area contributed by atoms with E-state index >= 15 is 0 Å². The van der Waals surface area contributed by atoms with Crippen LogP contribution in [-0.4, -0.2) is 40.8 Å². The highest BCUT2D eigenvalue weighted by Crippen LogP contribution is 2.22. The fraction of sp³-hybridized carbons (Fsp3) is 0.538. The van der Waals surface area contributed by atoms with Gasteiger partial charge in [-0.25, -0.2) is 21.9 Å². The average molecular weight is 320 g/mol. The molecule has 21 heavy (non-hydrogen) atoms. The van der Waals surface area contributed by atoms with Crippen LogP contribution in [0.1, 0.15) is 12.8 Å². The van der Waals surface area contributed by atoms with Crippen molar-refractivity contribution in [3.8, 4) is 0 Å². The van der Waals surface area contributed by atoms with Crippen LogP contribution in [-0.2, 0) is 14.8 Å². The number of sulfonamides is 1. The maximum Gasteiger partial charge on any atom is 0.246 e. The van der Waals surface area contributed by atoms with Crippen LogP contribution in [0, 0.1) is 11.6 Å². The van der Waals surface area contributed by atoms with Gasteiger partial charge in [-0.1, -0.05) is 6.07 Å². The molecule has 0 radical (unpaired) electrons. The van der Waals surface area contributed by atoms with E-state index in [0.717, 1.165) is 37.6 Å². The van der Waals surface area contributed by atoms with Crippen molar-refractivity contribution in [1.82, 2.24) is 10.0 Å². The van der Waals surface area contributed by atoms with E-state index < -0.39 is 32.1 Å². The molecule has 1 aliphatic heterocycles. The van der Waals surface area contributed by atoms with Crippen molar-refractivity contribution in [3.05, 3.63) is 29.8 Å². The zero-order valence-electron chi connectivity index (χ0n) is 11.7. The molecule has 2 rings (SSSR count). The molecule has 0 saturated carbocycles. The highest BCUT2D eigenvalue weighted by molar-refractivity contribution is 7.89. The Morgan fingerprint density at radius 3 is 2.57 bits per heavy atom. The molecule has 1 fully saturated rings. The second-order valence-corrected chi connectivity index (χ2v) is 6.82. The third kappa shape index (κ3) is 3.57. The van der Waals surface area contributed by atoms with E-state index in [4.69, 9.17) is 4.74 Å². The van der Waals surface area contributed by atoms with Gasteiger partial charge in [0.05, 0.1) is 12.1 Å². The van der Waals surface area contributed by atoms with Gasteiger partial charge in [-0.15, -0.1) is 0 Å². The lowest BCUT2D eigenvalue weighted by molar-refractivity contribution is 0.122. The topological polar surface area (TPSA) is 67.4 Å². The monoisotopic (exact) mass is 320 g/mol. The molecule has 1 heterocycles. The summed E-state index contributed by atoms with van der Waals surface area (Å²) < 4.78 is 58.8. The van der Waals surface area contributed by atoms with Crippen molar-refractivity contribution in [1.29, 1.82) is 0 Å². The number of nitrogens with one attached hydrogen (secondary N) is 2. The van der Waals surface area contributed by atoms with Crippen LogP contribution in [0.5, 0.6) is 0 Å². The summed E-state index contributed by atoms with van der Waals surface area (Å²) in [5.41, 5.74) is -0.538. The van der Waals surface area contributed by atoms with Gasteiger partial charge < -0.3 is 10.1 Å². The first-order valence-electron chi connectivity index (χ1n) is 6.58. The van der Waals surface area contributed by atoms with Crippen molar-refractivity contribution in [3.63, 3.8) is 0 Å². The van der Waals surface area contributed by atoms with Crippen molar-refractivity contribution >= 4 is 10.0 Å². The Kier molecular flexibility index (Phi) is 4.92. The Hall–Kier alpha value is -1.09. The van der Waals surface area contributed by atoms with E-state index in [1.165, 1.54) is 7.11 Å². The molecule has 0 amide bonds. The van der Waals surface area contributed by atoms with Crippen LogP contribution in [0.3, 0.4) is 0 Å². The largest absolute Gasteiger partial charge is 0.383 e. The lowest BCUT2D eigenvalue weighted by atomic mass is 9.99. The number of rotatable bonds is 6. The van der Waals surface area contributed by atoms with Crippen molar-refractivity contribution in [2.75, 3.05) is 26.8 Å². The van der Waals surface area contributed by atoms with Crippen LogP contribution in [0.2, 0.25) is 0 Å². The zero-order valence-corrected chi connectivity index (χ0v) is 12.5. The quantitative estimate of drug-likeness (QED) is 0.821. The van der Waals surface area contributed by atoms with Gasteiger partial charge in [-0.3, -0.25) is 0 Å². The fourth-order valence-corrected chi connectivity index (χ4v) is 3.77. The first kappa shape index (κ1) is 16.3. The molecule has 1 saturated heterocycles. The molecule has 0 aromatic heterocycles. The predicted molar refractivity (Wildman–Crippen MR) is 73.4 cm³/mol. The van der Waals surface area contributed by atoms with Gasteiger partial charge in [0.1, 0.15) is 11.6 Å². The highest BCUT2D eigenvalue weighted by atomic mass is 32.2. The van der Waals surface area contributed by atoms with Gasteiger partial charge in [0, 0.05) is 13.7 Å². The van der Waals surface area contributed by atoms with E-state index in [-0.39, 0.29) is 6.54 Å². The standard InChI is InChI=1S/C13H18F2N2O3S/c1-20-9-13(6-3-7-16-13)8-17-21(18,19)12-10(14)4-2-5-11(12)15/h2,4-5,16-17H,3,6-9H2,1H3. The summed E-state index contributed by atoms with van der Waals surface area (Å²) in [7, 11) is -2.74. The summed E-state index contributed by atoms with van der Waals surface area (Å²) in [6.45, 7) is 1.07. The highest BCUT2D eigenvalue weighted by Gasteiger charge is 2.35. The number of methoxy groups -OCH3 is 1. The molecule has 2 N–H and O–H groups in total. The van der Waals surface area contributed by atoms with E-state index in [9.17, 15) is 17.2 Å². The van der Waals surface area contributed by atoms with E-state index in [0.29, 0.717) is 6.61 Å². The van der Waals surface area contributed by atoms with Gasteiger partial charge in [-0.05, 0) is 31.5 Å². The maximum absolute atomic E-state index is 13.6. The summed E-state index contributed by atoms with van der Waals surface area (Å²) in [6.07, 6.45) is 1.61. The molecule has 0 aliphatic carbocycles. The Labute approximate surface area is 122 Å². The van der Waals surface area contributed by atoms with E-state index in [2.05, 4.69) is 10.0 Å². The molecule has 1 aliphatic rings. The van der Waals surface area contributed by atoms with Gasteiger partial charge in [0.2, 0.25) is 10.0 Å². The number of hydrogen-bond donors (Lipinski definition) is 2. The lowest BCUT2D eigenvalue weighted by Gasteiger charge is -2.28. The Morgan fingerprint density at radius 2 is 2.05 bits per heavy atom. The van der Waals surface area contributed by atoms with Crippen LogP contribution < -0.4 is 10.0 Å². The Balaban J connectivity index is 2.18. The lowest BCUT2D eigenvalue weighted by Crippen LogP contribution is -2.53. The number of ether oxygens (including phenoxy) is 1. The molecular formula is C13H18F2N2O3S. The molecule has 0 spiro atoms. The number of hydrogen-bond acceptors (Lipinski definition) is 4. The second-order valence-electron chi connectivity index (χ2n) is 5.12. The van der Waals surface area contributed by atoms with Gasteiger partial charge in [-0.2, -0.15) is 0 Å². The first-order chi connectivity index (χ1) is 9.90. The SMILES string of the molecule is COCC1(CNS(=O)(=O)c2c(F)cccc2F)CCCN1.